The van der Waals surface area contributed by atoms with Crippen LogP contribution in [0.25, 0.3) is 0 Å². The van der Waals surface area contributed by atoms with Gasteiger partial charge in [-0.3, -0.25) is 23.9 Å². The minimum atomic E-state index is -3.85. The van der Waals surface area contributed by atoms with Crippen molar-refractivity contribution in [1.29, 1.82) is 0 Å². The summed E-state index contributed by atoms with van der Waals surface area (Å²) in [7, 11) is -0.292. The average Bonchev–Trinajstić information content (AvgIpc) is 3.94. The first-order chi connectivity index (χ1) is 23.4. The quantitative estimate of drug-likeness (QED) is 0.205. The maximum absolute atomic E-state index is 14.2. The molecular formula is C33H45FN6O7S2. The molecule has 3 aliphatic heterocycles. The molecule has 2 saturated carbocycles. The van der Waals surface area contributed by atoms with Crippen LogP contribution in [0, 0.1) is 11.7 Å². The van der Waals surface area contributed by atoms with Gasteiger partial charge in [0.15, 0.2) is 11.9 Å². The normalized spacial score (nSPS) is 29.8. The fourth-order valence-electron chi connectivity index (χ4n) is 6.80. The van der Waals surface area contributed by atoms with Crippen LogP contribution in [-0.2, 0) is 47.1 Å². The molecule has 268 valence electrons. The molecule has 1 saturated heterocycles. The standard InChI is InChI=1S/C33H45FN6O7S2/c1-38(2)32(48)35-27-12-7-5-3-4-6-10-22-16-33(22,31(43)37-49(44,45)24-13-14-24)36-29(41)28-15-23(18-40(28)30(27)42)46-20-47-39-17-21-9-8-11-26(34)25(21)19-39/h6,8-11,22-24,27-28H,3-5,7,12-20H2,1-2H3,(H,35,48)(H,36,41)(H,37,43)/b10-6-/t22-,23-,27+,28+,33-/m1/s1. The Labute approximate surface area is 291 Å². The van der Waals surface area contributed by atoms with Crippen molar-refractivity contribution in [2.75, 3.05) is 27.4 Å². The summed E-state index contributed by atoms with van der Waals surface area (Å²) in [5, 5.41) is 7.42. The van der Waals surface area contributed by atoms with E-state index in [1.54, 1.807) is 30.1 Å². The molecule has 0 spiro atoms. The molecule has 49 heavy (non-hydrogen) atoms. The van der Waals surface area contributed by atoms with E-state index in [0.29, 0.717) is 36.5 Å². The summed E-state index contributed by atoms with van der Waals surface area (Å²) in [6.45, 7) is 0.565. The van der Waals surface area contributed by atoms with E-state index in [-0.39, 0.29) is 50.4 Å². The number of carbonyl (C=O) groups is 3. The Morgan fingerprint density at radius 2 is 1.96 bits per heavy atom. The Bertz CT molecular complexity index is 1610. The highest BCUT2D eigenvalue weighted by molar-refractivity contribution is 7.91. The highest BCUT2D eigenvalue weighted by atomic mass is 32.2. The van der Waals surface area contributed by atoms with Crippen molar-refractivity contribution in [3.8, 4) is 0 Å². The van der Waals surface area contributed by atoms with Crippen molar-refractivity contribution in [1.82, 2.24) is 30.2 Å². The molecule has 3 amide bonds. The number of allylic oxidation sites excluding steroid dienone is 1. The smallest absolute Gasteiger partial charge is 0.259 e. The molecule has 1 aromatic carbocycles. The molecule has 0 unspecified atom stereocenters. The molecule has 6 rings (SSSR count). The van der Waals surface area contributed by atoms with Gasteiger partial charge in [0.05, 0.1) is 24.4 Å². The third kappa shape index (κ3) is 8.08. The van der Waals surface area contributed by atoms with Gasteiger partial charge in [0.2, 0.25) is 21.8 Å². The van der Waals surface area contributed by atoms with Crippen LogP contribution in [0.1, 0.15) is 68.9 Å². The van der Waals surface area contributed by atoms with Crippen molar-refractivity contribution in [2.24, 2.45) is 5.92 Å². The Balaban J connectivity index is 1.20. The number of thiocarbonyl (C=S) groups is 1. The van der Waals surface area contributed by atoms with Gasteiger partial charge in [-0.05, 0) is 62.4 Å². The largest absolute Gasteiger partial charge is 0.355 e. The maximum atomic E-state index is 14.2. The number of fused-ring (bicyclic) bond motifs is 3. The number of halogens is 1. The molecule has 0 radical (unpaired) electrons. The number of carbonyl (C=O) groups excluding carboxylic acids is 3. The van der Waals surface area contributed by atoms with Gasteiger partial charge in [-0.1, -0.05) is 37.1 Å². The highest BCUT2D eigenvalue weighted by Gasteiger charge is 2.62. The molecule has 0 aromatic heterocycles. The number of amides is 3. The highest BCUT2D eigenvalue weighted by Crippen LogP contribution is 2.46. The summed E-state index contributed by atoms with van der Waals surface area (Å²) < 4.78 is 47.9. The Kier molecular flexibility index (Phi) is 10.6. The molecule has 13 nitrogen and oxygen atoms in total. The predicted molar refractivity (Wildman–Crippen MR) is 181 cm³/mol. The first kappa shape index (κ1) is 35.6. The molecule has 5 atom stereocenters. The van der Waals surface area contributed by atoms with Crippen molar-refractivity contribution >= 4 is 45.1 Å². The van der Waals surface area contributed by atoms with Gasteiger partial charge >= 0.3 is 0 Å². The van der Waals surface area contributed by atoms with E-state index in [2.05, 4.69) is 15.4 Å². The van der Waals surface area contributed by atoms with Crippen LogP contribution in [0.3, 0.4) is 0 Å². The number of benzene rings is 1. The number of ether oxygens (including phenoxy) is 1. The van der Waals surface area contributed by atoms with E-state index in [1.807, 2.05) is 18.2 Å². The van der Waals surface area contributed by atoms with Crippen LogP contribution in [0.2, 0.25) is 0 Å². The van der Waals surface area contributed by atoms with Crippen LogP contribution in [0.15, 0.2) is 30.4 Å². The van der Waals surface area contributed by atoms with E-state index >= 15 is 0 Å². The first-order valence-electron chi connectivity index (χ1n) is 17.0. The Hall–Kier alpha value is -3.18. The predicted octanol–water partition coefficient (Wildman–Crippen LogP) is 1.82. The van der Waals surface area contributed by atoms with Crippen LogP contribution < -0.4 is 15.4 Å². The van der Waals surface area contributed by atoms with Crippen molar-refractivity contribution in [3.63, 3.8) is 0 Å². The zero-order valence-corrected chi connectivity index (χ0v) is 29.5. The molecular weight excluding hydrogens is 676 g/mol. The van der Waals surface area contributed by atoms with Crippen LogP contribution in [0.5, 0.6) is 0 Å². The summed E-state index contributed by atoms with van der Waals surface area (Å²) >= 11 is 5.49. The summed E-state index contributed by atoms with van der Waals surface area (Å²) in [5.74, 6) is -2.33. The van der Waals surface area contributed by atoms with E-state index in [1.165, 1.54) is 11.0 Å². The minimum Gasteiger partial charge on any atom is -0.355 e. The average molecular weight is 721 g/mol. The topological polar surface area (TPSA) is 150 Å². The second-order valence-electron chi connectivity index (χ2n) is 13.9. The van der Waals surface area contributed by atoms with Crippen molar-refractivity contribution in [2.45, 2.75) is 99.9 Å². The lowest BCUT2D eigenvalue weighted by Crippen LogP contribution is -2.58. The van der Waals surface area contributed by atoms with Gasteiger partial charge < -0.3 is 25.2 Å². The maximum Gasteiger partial charge on any atom is 0.259 e. The van der Waals surface area contributed by atoms with Crippen molar-refractivity contribution < 1.29 is 36.8 Å². The third-order valence-corrected chi connectivity index (χ3v) is 12.3. The fourth-order valence-corrected chi connectivity index (χ4v) is 8.31. The number of hydrogen-bond donors (Lipinski definition) is 3. The van der Waals surface area contributed by atoms with Gasteiger partial charge in [-0.15, -0.1) is 0 Å². The zero-order chi connectivity index (χ0) is 34.9. The summed E-state index contributed by atoms with van der Waals surface area (Å²) in [6, 6.07) is 3.21. The fraction of sp³-hybridized carbons (Fsp3) is 0.636. The van der Waals surface area contributed by atoms with Crippen LogP contribution in [-0.4, -0.2) is 103 Å². The SMILES string of the molecule is CN(C)C(=S)N[C@H]1CCCCC/C=C\[C@@H]2C[C@@]2(C(=O)NS(=O)(=O)C2CC2)NC(=O)[C@@H]2C[C@@H](OCON3Cc4cccc(F)c4C3)CN2C1=O. The lowest BCUT2D eigenvalue weighted by atomic mass is 10.0. The van der Waals surface area contributed by atoms with Gasteiger partial charge in [-0.2, -0.15) is 5.06 Å². The Morgan fingerprint density at radius 3 is 2.69 bits per heavy atom. The van der Waals surface area contributed by atoms with E-state index in [0.717, 1.165) is 31.2 Å². The van der Waals surface area contributed by atoms with Gasteiger partial charge in [-0.25, -0.2) is 12.8 Å². The number of hydrogen-bond acceptors (Lipinski definition) is 9. The molecule has 16 heteroatoms. The molecule has 5 aliphatic rings. The molecule has 1 aromatic rings. The van der Waals surface area contributed by atoms with E-state index in [4.69, 9.17) is 21.8 Å². The van der Waals surface area contributed by atoms with Gasteiger partial charge in [0, 0.05) is 38.5 Å². The lowest BCUT2D eigenvalue weighted by Gasteiger charge is -2.31. The monoisotopic (exact) mass is 720 g/mol. The number of hydroxylamine groups is 2. The molecule has 2 aliphatic carbocycles. The first-order valence-corrected chi connectivity index (χ1v) is 18.9. The van der Waals surface area contributed by atoms with Crippen molar-refractivity contribution in [3.05, 3.63) is 47.3 Å². The molecule has 3 N–H and O–H groups in total. The molecule has 3 heterocycles. The van der Waals surface area contributed by atoms with E-state index < -0.39 is 50.8 Å². The molecule has 0 bridgehead atoms. The van der Waals surface area contributed by atoms with Gasteiger partial charge in [0.1, 0.15) is 23.4 Å². The summed E-state index contributed by atoms with van der Waals surface area (Å²) in [4.78, 5) is 50.9. The zero-order valence-electron chi connectivity index (χ0n) is 27.9. The number of nitrogens with zero attached hydrogens (tertiary/aromatic N) is 3. The van der Waals surface area contributed by atoms with Crippen LogP contribution >= 0.6 is 12.2 Å². The number of rotatable bonds is 8. The molecule has 3 fully saturated rings. The number of sulfonamides is 1. The summed E-state index contributed by atoms with van der Waals surface area (Å²) in [6.07, 6.45) is 8.33. The Morgan fingerprint density at radius 1 is 1.16 bits per heavy atom. The van der Waals surface area contributed by atoms with E-state index in [9.17, 15) is 27.2 Å². The lowest BCUT2D eigenvalue weighted by molar-refractivity contribution is -0.239. The minimum absolute atomic E-state index is 0.0840. The number of nitrogens with one attached hydrogen (secondary N) is 3. The summed E-state index contributed by atoms with van der Waals surface area (Å²) in [5.41, 5.74) is -0.0439. The van der Waals surface area contributed by atoms with Gasteiger partial charge in [0.25, 0.3) is 5.91 Å². The van der Waals surface area contributed by atoms with Crippen LogP contribution in [0.4, 0.5) is 4.39 Å². The third-order valence-electron chi connectivity index (χ3n) is 9.98. The second kappa shape index (κ2) is 14.6. The second-order valence-corrected chi connectivity index (χ2v) is 16.2.